The first-order valence-electron chi connectivity index (χ1n) is 10.2. The molecule has 7 nitrogen and oxygen atoms in total. The van der Waals surface area contributed by atoms with Gasteiger partial charge in [-0.25, -0.2) is 4.79 Å². The van der Waals surface area contributed by atoms with E-state index in [0.717, 1.165) is 11.1 Å². The van der Waals surface area contributed by atoms with Gasteiger partial charge in [-0.15, -0.1) is 0 Å². The molecule has 0 spiro atoms. The number of carbonyl (C=O) groups is 2. The van der Waals surface area contributed by atoms with Crippen molar-refractivity contribution in [2.45, 2.75) is 32.7 Å². The van der Waals surface area contributed by atoms with Gasteiger partial charge in [-0.05, 0) is 17.7 Å². The van der Waals surface area contributed by atoms with Crippen molar-refractivity contribution >= 4 is 11.9 Å². The van der Waals surface area contributed by atoms with E-state index in [1.807, 2.05) is 49.4 Å². The Morgan fingerprint density at radius 2 is 1.69 bits per heavy atom. The van der Waals surface area contributed by atoms with Gasteiger partial charge in [0, 0.05) is 24.5 Å². The SMILES string of the molecule is COC(=O)/C=C/[C@H](OC(C)=O)[C@@H](C)[C@@H](OCc1ccccc1)c1cccc(OC)c1OC. The van der Waals surface area contributed by atoms with Crippen molar-refractivity contribution in [1.29, 1.82) is 0 Å². The first-order valence-corrected chi connectivity index (χ1v) is 10.2. The second-order valence-electron chi connectivity index (χ2n) is 7.12. The van der Waals surface area contributed by atoms with Crippen LogP contribution in [0.3, 0.4) is 0 Å². The van der Waals surface area contributed by atoms with Gasteiger partial charge in [-0.2, -0.15) is 0 Å². The van der Waals surface area contributed by atoms with Crippen molar-refractivity contribution in [1.82, 2.24) is 0 Å². The van der Waals surface area contributed by atoms with E-state index >= 15 is 0 Å². The van der Waals surface area contributed by atoms with Crippen molar-refractivity contribution in [2.75, 3.05) is 21.3 Å². The summed E-state index contributed by atoms with van der Waals surface area (Å²) in [4.78, 5) is 23.4. The maximum atomic E-state index is 11.8. The van der Waals surface area contributed by atoms with Crippen molar-refractivity contribution in [3.05, 3.63) is 71.8 Å². The summed E-state index contributed by atoms with van der Waals surface area (Å²) in [6.07, 6.45) is 1.44. The molecule has 7 heteroatoms. The van der Waals surface area contributed by atoms with E-state index in [4.69, 9.17) is 18.9 Å². The van der Waals surface area contributed by atoms with E-state index in [1.54, 1.807) is 20.3 Å². The normalized spacial score (nSPS) is 13.8. The molecule has 3 atom stereocenters. The topological polar surface area (TPSA) is 80.3 Å². The number of para-hydroxylation sites is 1. The average molecular weight is 443 g/mol. The summed E-state index contributed by atoms with van der Waals surface area (Å²) in [5, 5.41) is 0. The van der Waals surface area contributed by atoms with Crippen LogP contribution in [0.2, 0.25) is 0 Å². The predicted molar refractivity (Wildman–Crippen MR) is 119 cm³/mol. The molecule has 0 unspecified atom stereocenters. The summed E-state index contributed by atoms with van der Waals surface area (Å²) in [7, 11) is 4.40. The van der Waals surface area contributed by atoms with Gasteiger partial charge in [0.1, 0.15) is 6.10 Å². The van der Waals surface area contributed by atoms with Crippen LogP contribution >= 0.6 is 0 Å². The molecule has 0 aliphatic rings. The Hall–Kier alpha value is -3.32. The van der Waals surface area contributed by atoms with Crippen LogP contribution in [0.15, 0.2) is 60.7 Å². The maximum absolute atomic E-state index is 11.8. The lowest BCUT2D eigenvalue weighted by atomic mass is 9.90. The highest BCUT2D eigenvalue weighted by molar-refractivity contribution is 5.81. The molecule has 0 saturated heterocycles. The smallest absolute Gasteiger partial charge is 0.330 e. The number of ether oxygens (including phenoxy) is 5. The zero-order valence-corrected chi connectivity index (χ0v) is 19.1. The fraction of sp³-hybridized carbons (Fsp3) is 0.360. The molecule has 32 heavy (non-hydrogen) atoms. The number of benzene rings is 2. The first kappa shape index (κ1) is 24.9. The third-order valence-corrected chi connectivity index (χ3v) is 4.93. The number of methoxy groups -OCH3 is 3. The molecule has 0 aliphatic heterocycles. The third-order valence-electron chi connectivity index (χ3n) is 4.93. The zero-order valence-electron chi connectivity index (χ0n) is 19.1. The van der Waals surface area contributed by atoms with Crippen LogP contribution in [0.25, 0.3) is 0 Å². The van der Waals surface area contributed by atoms with Crippen LogP contribution in [-0.4, -0.2) is 39.4 Å². The molecule has 0 fully saturated rings. The lowest BCUT2D eigenvalue weighted by molar-refractivity contribution is -0.149. The summed E-state index contributed by atoms with van der Waals surface area (Å²) >= 11 is 0. The largest absolute Gasteiger partial charge is 0.493 e. The highest BCUT2D eigenvalue weighted by Crippen LogP contribution is 2.41. The standard InChI is InChI=1S/C25H30O7/c1-17(21(32-18(2)26)14-15-23(27)29-4)24(31-16-19-10-7-6-8-11-19)20-12-9-13-22(28-3)25(20)30-5/h6-15,17,21,24H,16H2,1-5H3/b15-14+/t17-,21+,24-/m1/s1. The molecule has 0 aromatic heterocycles. The second-order valence-corrected chi connectivity index (χ2v) is 7.12. The lowest BCUT2D eigenvalue weighted by Crippen LogP contribution is -2.29. The van der Waals surface area contributed by atoms with Crippen LogP contribution in [0.5, 0.6) is 11.5 Å². The Bertz CT molecular complexity index is 908. The quantitative estimate of drug-likeness (QED) is 0.380. The molecule has 0 amide bonds. The highest BCUT2D eigenvalue weighted by atomic mass is 16.5. The minimum atomic E-state index is -0.747. The summed E-state index contributed by atoms with van der Waals surface area (Å²) in [5.41, 5.74) is 1.72. The van der Waals surface area contributed by atoms with E-state index in [1.165, 1.54) is 26.2 Å². The van der Waals surface area contributed by atoms with Crippen molar-refractivity contribution in [3.63, 3.8) is 0 Å². The van der Waals surface area contributed by atoms with E-state index < -0.39 is 24.1 Å². The Balaban J connectivity index is 2.46. The number of esters is 2. The highest BCUT2D eigenvalue weighted by Gasteiger charge is 2.32. The number of hydrogen-bond donors (Lipinski definition) is 0. The molecular formula is C25H30O7. The second kappa shape index (κ2) is 12.5. The number of hydrogen-bond acceptors (Lipinski definition) is 7. The summed E-state index contributed by atoms with van der Waals surface area (Å²) in [6.45, 7) is 3.52. The predicted octanol–water partition coefficient (Wildman–Crippen LogP) is 4.26. The minimum Gasteiger partial charge on any atom is -0.493 e. The van der Waals surface area contributed by atoms with Gasteiger partial charge >= 0.3 is 11.9 Å². The van der Waals surface area contributed by atoms with Gasteiger partial charge in [0.2, 0.25) is 0 Å². The van der Waals surface area contributed by atoms with Crippen LogP contribution in [0.1, 0.15) is 31.1 Å². The molecule has 2 aromatic rings. The number of rotatable bonds is 11. The molecule has 172 valence electrons. The Morgan fingerprint density at radius 3 is 2.28 bits per heavy atom. The van der Waals surface area contributed by atoms with Crippen LogP contribution in [0.4, 0.5) is 0 Å². The van der Waals surface area contributed by atoms with Crippen molar-refractivity contribution < 1.29 is 33.3 Å². The van der Waals surface area contributed by atoms with E-state index in [-0.39, 0.29) is 5.92 Å². The van der Waals surface area contributed by atoms with E-state index in [9.17, 15) is 9.59 Å². The molecule has 0 N–H and O–H groups in total. The summed E-state index contributed by atoms with van der Waals surface area (Å²) in [5.74, 6) is -0.326. The summed E-state index contributed by atoms with van der Waals surface area (Å²) in [6, 6.07) is 15.2. The molecule has 0 saturated carbocycles. The molecule has 0 radical (unpaired) electrons. The van der Waals surface area contributed by atoms with Crippen molar-refractivity contribution in [2.24, 2.45) is 5.92 Å². The number of carbonyl (C=O) groups excluding carboxylic acids is 2. The Kier molecular flexibility index (Phi) is 9.76. The monoisotopic (exact) mass is 442 g/mol. The third kappa shape index (κ3) is 6.85. The first-order chi connectivity index (χ1) is 15.4. The lowest BCUT2D eigenvalue weighted by Gasteiger charge is -2.30. The minimum absolute atomic E-state index is 0.323. The molecule has 2 rings (SSSR count). The molecule has 0 bridgehead atoms. The van der Waals surface area contributed by atoms with Crippen molar-refractivity contribution in [3.8, 4) is 11.5 Å². The average Bonchev–Trinajstić information content (AvgIpc) is 2.81. The zero-order chi connectivity index (χ0) is 23.5. The molecule has 0 heterocycles. The Morgan fingerprint density at radius 1 is 0.969 bits per heavy atom. The van der Waals surface area contributed by atoms with Crippen LogP contribution in [-0.2, 0) is 30.4 Å². The summed E-state index contributed by atoms with van der Waals surface area (Å²) < 4.78 is 27.6. The maximum Gasteiger partial charge on any atom is 0.330 e. The van der Waals surface area contributed by atoms with Gasteiger partial charge < -0.3 is 23.7 Å². The van der Waals surface area contributed by atoms with E-state index in [2.05, 4.69) is 4.74 Å². The van der Waals surface area contributed by atoms with Gasteiger partial charge in [0.25, 0.3) is 0 Å². The van der Waals surface area contributed by atoms with Gasteiger partial charge in [0.05, 0.1) is 34.0 Å². The molecule has 0 aliphatic carbocycles. The fourth-order valence-electron chi connectivity index (χ4n) is 3.35. The van der Waals surface area contributed by atoms with E-state index in [0.29, 0.717) is 18.1 Å². The fourth-order valence-corrected chi connectivity index (χ4v) is 3.35. The van der Waals surface area contributed by atoms with Crippen LogP contribution in [0, 0.1) is 5.92 Å². The van der Waals surface area contributed by atoms with Crippen LogP contribution < -0.4 is 9.47 Å². The Labute approximate surface area is 188 Å². The molecule has 2 aromatic carbocycles. The molecular weight excluding hydrogens is 412 g/mol. The van der Waals surface area contributed by atoms with Gasteiger partial charge in [-0.3, -0.25) is 4.79 Å². The van der Waals surface area contributed by atoms with Gasteiger partial charge in [-0.1, -0.05) is 49.4 Å². The van der Waals surface area contributed by atoms with Gasteiger partial charge in [0.15, 0.2) is 11.5 Å².